The number of aliphatic hydroxyl groups is 1. The van der Waals surface area contributed by atoms with E-state index >= 15 is 0 Å². The minimum atomic E-state index is -0.207. The molecule has 2 bridgehead atoms. The normalized spacial score (nSPS) is 30.8. The molecule has 3 aliphatic rings. The van der Waals surface area contributed by atoms with E-state index in [1.807, 2.05) is 18.2 Å². The average Bonchev–Trinajstić information content (AvgIpc) is 3.07. The van der Waals surface area contributed by atoms with E-state index in [1.165, 1.54) is 6.42 Å². The predicted molar refractivity (Wildman–Crippen MR) is 93.3 cm³/mol. The standard InChI is InChI=1S/C19H23N3O3/c23-9-14-11-3-4-12(7-11)17(14)22-19(24)20-13-5-6-16-15(8-13)21-18(25-16)10-1-2-10/h5-6,8,10-12,14,17,23H,1-4,7,9H2,(H2,20,22,24). The Morgan fingerprint density at radius 3 is 2.88 bits per heavy atom. The van der Waals surface area contributed by atoms with Crippen molar-refractivity contribution in [1.29, 1.82) is 0 Å². The van der Waals surface area contributed by atoms with Gasteiger partial charge >= 0.3 is 6.03 Å². The van der Waals surface area contributed by atoms with Gasteiger partial charge in [-0.15, -0.1) is 0 Å². The lowest BCUT2D eigenvalue weighted by atomic mass is 9.85. The maximum Gasteiger partial charge on any atom is 0.319 e. The number of oxazole rings is 1. The molecule has 3 fully saturated rings. The van der Waals surface area contributed by atoms with Gasteiger partial charge in [0.1, 0.15) is 5.52 Å². The summed E-state index contributed by atoms with van der Waals surface area (Å²) in [7, 11) is 0. The molecule has 6 heteroatoms. The Balaban J connectivity index is 1.28. The lowest BCUT2D eigenvalue weighted by molar-refractivity contribution is 0.146. The van der Waals surface area contributed by atoms with Crippen LogP contribution in [0.2, 0.25) is 0 Å². The lowest BCUT2D eigenvalue weighted by Crippen LogP contribution is -2.46. The van der Waals surface area contributed by atoms with Crippen molar-refractivity contribution < 1.29 is 14.3 Å². The second-order valence-corrected chi connectivity index (χ2v) is 7.81. The molecule has 0 radical (unpaired) electrons. The van der Waals surface area contributed by atoms with Crippen molar-refractivity contribution in [3.05, 3.63) is 24.1 Å². The van der Waals surface area contributed by atoms with Crippen LogP contribution in [-0.2, 0) is 0 Å². The number of aliphatic hydroxyl groups excluding tert-OH is 1. The third-order valence-corrected chi connectivity index (χ3v) is 6.19. The van der Waals surface area contributed by atoms with Crippen LogP contribution in [0.15, 0.2) is 22.6 Å². The van der Waals surface area contributed by atoms with Gasteiger partial charge in [-0.3, -0.25) is 0 Å². The second-order valence-electron chi connectivity index (χ2n) is 7.81. The first-order valence-electron chi connectivity index (χ1n) is 9.30. The van der Waals surface area contributed by atoms with E-state index in [0.717, 1.165) is 42.7 Å². The molecular formula is C19H23N3O3. The highest BCUT2D eigenvalue weighted by atomic mass is 16.3. The Bertz CT molecular complexity index is 813. The van der Waals surface area contributed by atoms with Gasteiger partial charge < -0.3 is 20.2 Å². The van der Waals surface area contributed by atoms with Crippen molar-refractivity contribution >= 4 is 22.8 Å². The number of amides is 2. The molecule has 6 nitrogen and oxygen atoms in total. The quantitative estimate of drug-likeness (QED) is 0.797. The van der Waals surface area contributed by atoms with E-state index in [2.05, 4.69) is 15.6 Å². The average molecular weight is 341 g/mol. The first-order chi connectivity index (χ1) is 12.2. The molecule has 3 N–H and O–H groups in total. The largest absolute Gasteiger partial charge is 0.440 e. The number of carbonyl (C=O) groups excluding carboxylic acids is 1. The molecular weight excluding hydrogens is 318 g/mol. The molecule has 3 saturated carbocycles. The minimum absolute atomic E-state index is 0.0843. The molecule has 5 rings (SSSR count). The zero-order valence-corrected chi connectivity index (χ0v) is 14.1. The summed E-state index contributed by atoms with van der Waals surface area (Å²) in [5.74, 6) is 2.55. The molecule has 1 aromatic heterocycles. The number of hydrogen-bond donors (Lipinski definition) is 3. The fourth-order valence-electron chi connectivity index (χ4n) is 4.74. The van der Waals surface area contributed by atoms with E-state index in [4.69, 9.17) is 4.42 Å². The summed E-state index contributed by atoms with van der Waals surface area (Å²) in [6.45, 7) is 0.154. The predicted octanol–water partition coefficient (Wildman–Crippen LogP) is 3.23. The first kappa shape index (κ1) is 15.2. The molecule has 2 amide bonds. The van der Waals surface area contributed by atoms with Gasteiger partial charge in [-0.05, 0) is 62.1 Å². The zero-order valence-electron chi connectivity index (χ0n) is 14.1. The number of anilines is 1. The number of fused-ring (bicyclic) bond motifs is 3. The fourth-order valence-corrected chi connectivity index (χ4v) is 4.74. The van der Waals surface area contributed by atoms with Gasteiger partial charge in [0.2, 0.25) is 0 Å². The summed E-state index contributed by atoms with van der Waals surface area (Å²) in [6, 6.07) is 5.43. The number of benzene rings is 1. The van der Waals surface area contributed by atoms with Crippen LogP contribution in [0.1, 0.15) is 43.9 Å². The summed E-state index contributed by atoms with van der Waals surface area (Å²) in [5, 5.41) is 15.6. The van der Waals surface area contributed by atoms with Crippen molar-refractivity contribution in [1.82, 2.24) is 10.3 Å². The van der Waals surface area contributed by atoms with E-state index in [-0.39, 0.29) is 24.6 Å². The van der Waals surface area contributed by atoms with Crippen LogP contribution in [0.5, 0.6) is 0 Å². The van der Waals surface area contributed by atoms with E-state index in [1.54, 1.807) is 0 Å². The molecule has 1 heterocycles. The van der Waals surface area contributed by atoms with Crippen molar-refractivity contribution in [3.8, 4) is 0 Å². The van der Waals surface area contributed by atoms with Gasteiger partial charge in [0.05, 0.1) is 0 Å². The van der Waals surface area contributed by atoms with Crippen molar-refractivity contribution in [2.45, 2.75) is 44.1 Å². The van der Waals surface area contributed by atoms with Crippen LogP contribution < -0.4 is 10.6 Å². The minimum Gasteiger partial charge on any atom is -0.440 e. The van der Waals surface area contributed by atoms with Gasteiger partial charge in [0, 0.05) is 30.2 Å². The van der Waals surface area contributed by atoms with Crippen molar-refractivity contribution in [2.75, 3.05) is 11.9 Å². The van der Waals surface area contributed by atoms with Crippen LogP contribution >= 0.6 is 0 Å². The number of nitrogens with zero attached hydrogens (tertiary/aromatic N) is 1. The molecule has 3 aliphatic carbocycles. The molecule has 4 atom stereocenters. The Morgan fingerprint density at radius 1 is 1.24 bits per heavy atom. The Labute approximate surface area is 146 Å². The highest BCUT2D eigenvalue weighted by molar-refractivity contribution is 5.91. The molecule has 132 valence electrons. The van der Waals surface area contributed by atoms with Crippen molar-refractivity contribution in [2.24, 2.45) is 17.8 Å². The maximum absolute atomic E-state index is 12.4. The summed E-state index contributed by atoms with van der Waals surface area (Å²) in [4.78, 5) is 16.9. The number of nitrogens with one attached hydrogen (secondary N) is 2. The number of urea groups is 1. The van der Waals surface area contributed by atoms with Crippen LogP contribution in [0.3, 0.4) is 0 Å². The van der Waals surface area contributed by atoms with Crippen molar-refractivity contribution in [3.63, 3.8) is 0 Å². The Kier molecular flexibility index (Phi) is 3.48. The smallest absolute Gasteiger partial charge is 0.319 e. The molecule has 25 heavy (non-hydrogen) atoms. The third kappa shape index (κ3) is 2.68. The highest BCUT2D eigenvalue weighted by Gasteiger charge is 2.47. The van der Waals surface area contributed by atoms with Gasteiger partial charge in [-0.1, -0.05) is 0 Å². The molecule has 2 aromatic rings. The van der Waals surface area contributed by atoms with E-state index < -0.39 is 0 Å². The topological polar surface area (TPSA) is 87.4 Å². The number of rotatable bonds is 4. The maximum atomic E-state index is 12.4. The molecule has 4 unspecified atom stereocenters. The van der Waals surface area contributed by atoms with Gasteiger partial charge in [-0.25, -0.2) is 9.78 Å². The molecule has 0 saturated heterocycles. The van der Waals surface area contributed by atoms with E-state index in [9.17, 15) is 9.90 Å². The van der Waals surface area contributed by atoms with Crippen LogP contribution in [0.4, 0.5) is 10.5 Å². The first-order valence-corrected chi connectivity index (χ1v) is 9.30. The number of carbonyl (C=O) groups is 1. The van der Waals surface area contributed by atoms with Gasteiger partial charge in [-0.2, -0.15) is 0 Å². The lowest BCUT2D eigenvalue weighted by Gasteiger charge is -2.30. The summed E-state index contributed by atoms with van der Waals surface area (Å²) < 4.78 is 5.75. The van der Waals surface area contributed by atoms with Gasteiger partial charge in [0.15, 0.2) is 11.5 Å². The third-order valence-electron chi connectivity index (χ3n) is 6.19. The number of hydrogen-bond acceptors (Lipinski definition) is 4. The zero-order chi connectivity index (χ0) is 17.0. The highest BCUT2D eigenvalue weighted by Crippen LogP contribution is 2.48. The Hall–Kier alpha value is -2.08. The molecule has 1 aromatic carbocycles. The molecule has 0 aliphatic heterocycles. The van der Waals surface area contributed by atoms with Crippen LogP contribution in [0, 0.1) is 17.8 Å². The van der Waals surface area contributed by atoms with Gasteiger partial charge in [0.25, 0.3) is 0 Å². The fraction of sp³-hybridized carbons (Fsp3) is 0.579. The summed E-state index contributed by atoms with van der Waals surface area (Å²) in [6.07, 6.45) is 5.76. The second kappa shape index (κ2) is 5.73. The van der Waals surface area contributed by atoms with Crippen LogP contribution in [-0.4, -0.2) is 28.8 Å². The Morgan fingerprint density at radius 2 is 2.08 bits per heavy atom. The summed E-state index contributed by atoms with van der Waals surface area (Å²) >= 11 is 0. The SMILES string of the molecule is O=C(Nc1ccc2oc(C3CC3)nc2c1)NC1C2CCC(C2)C1CO. The summed E-state index contributed by atoms with van der Waals surface area (Å²) in [5.41, 5.74) is 2.26. The molecule has 0 spiro atoms. The monoisotopic (exact) mass is 341 g/mol. The van der Waals surface area contributed by atoms with Crippen LogP contribution in [0.25, 0.3) is 11.1 Å². The van der Waals surface area contributed by atoms with E-state index in [0.29, 0.717) is 23.4 Å². The number of aromatic nitrogens is 1.